The molecule has 1 unspecified atom stereocenters. The molecule has 0 bridgehead atoms. The molecule has 6 nitrogen and oxygen atoms in total. The van der Waals surface area contributed by atoms with Crippen molar-refractivity contribution in [3.63, 3.8) is 0 Å². The third kappa shape index (κ3) is 5.57. The molecule has 1 atom stereocenters. The van der Waals surface area contributed by atoms with Crippen molar-refractivity contribution in [2.45, 2.75) is 18.9 Å². The first-order chi connectivity index (χ1) is 11.1. The van der Waals surface area contributed by atoms with Crippen LogP contribution in [-0.2, 0) is 20.7 Å². The van der Waals surface area contributed by atoms with Crippen LogP contribution in [0.15, 0.2) is 18.3 Å². The van der Waals surface area contributed by atoms with Crippen LogP contribution in [0, 0.1) is 0 Å². The summed E-state index contributed by atoms with van der Waals surface area (Å²) in [6.07, 6.45) is 3.10. The molecule has 1 fully saturated rings. The predicted octanol–water partition coefficient (Wildman–Crippen LogP) is 1.12. The van der Waals surface area contributed by atoms with E-state index in [1.54, 1.807) is 19.1 Å². The Kier molecular flexibility index (Phi) is 6.95. The van der Waals surface area contributed by atoms with Gasteiger partial charge in [-0.3, -0.25) is 9.78 Å². The Morgan fingerprint density at radius 1 is 1.52 bits per heavy atom. The van der Waals surface area contributed by atoms with Crippen LogP contribution in [0.4, 0.5) is 0 Å². The monoisotopic (exact) mass is 321 g/mol. The molecule has 0 radical (unpaired) electrons. The van der Waals surface area contributed by atoms with Crippen LogP contribution >= 0.6 is 0 Å². The number of rotatable bonds is 7. The molecular weight excluding hydrogens is 294 g/mol. The molecule has 128 valence electrons. The van der Waals surface area contributed by atoms with Crippen LogP contribution < -0.4 is 0 Å². The van der Waals surface area contributed by atoms with Gasteiger partial charge < -0.3 is 19.3 Å². The van der Waals surface area contributed by atoms with Gasteiger partial charge in [0.25, 0.3) is 0 Å². The maximum absolute atomic E-state index is 12.0. The van der Waals surface area contributed by atoms with Crippen molar-refractivity contribution in [1.29, 1.82) is 0 Å². The average Bonchev–Trinajstić information content (AvgIpc) is 2.58. The van der Waals surface area contributed by atoms with Crippen molar-refractivity contribution in [2.24, 2.45) is 0 Å². The number of likely N-dealkylation sites (N-methyl/N-ethyl adjacent to an activating group) is 2. The number of carbonyl (C=O) groups excluding carboxylic acids is 1. The van der Waals surface area contributed by atoms with Crippen molar-refractivity contribution >= 4 is 5.91 Å². The van der Waals surface area contributed by atoms with Gasteiger partial charge in [-0.15, -0.1) is 0 Å². The summed E-state index contributed by atoms with van der Waals surface area (Å²) in [4.78, 5) is 20.5. The van der Waals surface area contributed by atoms with E-state index in [1.165, 1.54) is 0 Å². The number of amides is 1. The van der Waals surface area contributed by atoms with Crippen LogP contribution in [-0.4, -0.2) is 74.7 Å². The number of pyridine rings is 1. The summed E-state index contributed by atoms with van der Waals surface area (Å²) in [5.41, 5.74) is 2.04. The van der Waals surface area contributed by atoms with Gasteiger partial charge in [-0.1, -0.05) is 6.07 Å². The lowest BCUT2D eigenvalue weighted by molar-refractivity contribution is -0.130. The molecule has 1 amide bonds. The minimum Gasteiger partial charge on any atom is -0.383 e. The molecule has 0 aliphatic carbocycles. The summed E-state index contributed by atoms with van der Waals surface area (Å²) in [6.45, 7) is 3.77. The van der Waals surface area contributed by atoms with Crippen LogP contribution in [0.25, 0.3) is 0 Å². The van der Waals surface area contributed by atoms with Gasteiger partial charge in [0.15, 0.2) is 0 Å². The highest BCUT2D eigenvalue weighted by atomic mass is 16.5. The Morgan fingerprint density at radius 2 is 2.35 bits per heavy atom. The van der Waals surface area contributed by atoms with Crippen molar-refractivity contribution in [1.82, 2.24) is 14.8 Å². The molecule has 1 aliphatic heterocycles. The highest BCUT2D eigenvalue weighted by Gasteiger charge is 2.20. The van der Waals surface area contributed by atoms with Crippen LogP contribution in [0.2, 0.25) is 0 Å². The SMILES string of the molecule is COCCN(C)C(=O)CCc1ccc(C2CN(C)CCO2)nc1. The van der Waals surface area contributed by atoms with Crippen LogP contribution in [0.3, 0.4) is 0 Å². The van der Waals surface area contributed by atoms with E-state index in [2.05, 4.69) is 16.9 Å². The molecule has 1 aromatic rings. The standard InChI is InChI=1S/C17H27N3O3/c1-19-8-11-23-16(13-19)15-6-4-14(12-18-15)5-7-17(21)20(2)9-10-22-3/h4,6,12,16H,5,7-11,13H2,1-3H3. The summed E-state index contributed by atoms with van der Waals surface area (Å²) in [6, 6.07) is 4.06. The normalized spacial score (nSPS) is 18.8. The summed E-state index contributed by atoms with van der Waals surface area (Å²) < 4.78 is 10.7. The third-order valence-corrected chi connectivity index (χ3v) is 4.13. The second-order valence-electron chi connectivity index (χ2n) is 6.02. The number of hydrogen-bond donors (Lipinski definition) is 0. The molecule has 1 aromatic heterocycles. The zero-order chi connectivity index (χ0) is 16.7. The average molecular weight is 321 g/mol. The molecule has 1 aliphatic rings. The smallest absolute Gasteiger partial charge is 0.222 e. The number of ether oxygens (including phenoxy) is 2. The zero-order valence-electron chi connectivity index (χ0n) is 14.3. The first-order valence-electron chi connectivity index (χ1n) is 8.08. The topological polar surface area (TPSA) is 54.9 Å². The van der Waals surface area contributed by atoms with Crippen LogP contribution in [0.1, 0.15) is 23.8 Å². The Labute approximate surface area is 138 Å². The van der Waals surface area contributed by atoms with Gasteiger partial charge in [0, 0.05) is 46.4 Å². The molecule has 2 heterocycles. The lowest BCUT2D eigenvalue weighted by Crippen LogP contribution is -2.35. The van der Waals surface area contributed by atoms with E-state index in [-0.39, 0.29) is 12.0 Å². The van der Waals surface area contributed by atoms with Gasteiger partial charge >= 0.3 is 0 Å². The highest BCUT2D eigenvalue weighted by Crippen LogP contribution is 2.20. The number of aryl methyl sites for hydroxylation is 1. The lowest BCUT2D eigenvalue weighted by atomic mass is 10.1. The number of aromatic nitrogens is 1. The maximum atomic E-state index is 12.0. The fourth-order valence-electron chi connectivity index (χ4n) is 2.53. The summed E-state index contributed by atoms with van der Waals surface area (Å²) in [5, 5.41) is 0. The summed E-state index contributed by atoms with van der Waals surface area (Å²) in [7, 11) is 5.54. The van der Waals surface area contributed by atoms with E-state index in [4.69, 9.17) is 9.47 Å². The molecule has 0 N–H and O–H groups in total. The van der Waals surface area contributed by atoms with Gasteiger partial charge in [0.1, 0.15) is 6.10 Å². The predicted molar refractivity (Wildman–Crippen MR) is 88.3 cm³/mol. The number of nitrogens with zero attached hydrogens (tertiary/aromatic N) is 3. The number of methoxy groups -OCH3 is 1. The molecule has 2 rings (SSSR count). The van der Waals surface area contributed by atoms with Crippen LogP contribution in [0.5, 0.6) is 0 Å². The van der Waals surface area contributed by atoms with Gasteiger partial charge in [0.2, 0.25) is 5.91 Å². The van der Waals surface area contributed by atoms with E-state index in [9.17, 15) is 4.79 Å². The third-order valence-electron chi connectivity index (χ3n) is 4.13. The van der Waals surface area contributed by atoms with Crippen molar-refractivity contribution in [2.75, 3.05) is 54.1 Å². The molecule has 0 spiro atoms. The van der Waals surface area contributed by atoms with Gasteiger partial charge in [0.05, 0.1) is 18.9 Å². The molecule has 23 heavy (non-hydrogen) atoms. The Morgan fingerprint density at radius 3 is 3.00 bits per heavy atom. The first kappa shape index (κ1) is 17.8. The fraction of sp³-hybridized carbons (Fsp3) is 0.647. The Bertz CT molecular complexity index is 492. The molecule has 6 heteroatoms. The summed E-state index contributed by atoms with van der Waals surface area (Å²) in [5.74, 6) is 0.128. The molecule has 1 saturated heterocycles. The Hall–Kier alpha value is -1.50. The first-order valence-corrected chi connectivity index (χ1v) is 8.08. The second kappa shape index (κ2) is 8.96. The van der Waals surface area contributed by atoms with Crippen molar-refractivity contribution < 1.29 is 14.3 Å². The van der Waals surface area contributed by atoms with E-state index in [0.717, 1.165) is 31.0 Å². The van der Waals surface area contributed by atoms with Gasteiger partial charge in [-0.2, -0.15) is 0 Å². The van der Waals surface area contributed by atoms with Gasteiger partial charge in [-0.05, 0) is 25.1 Å². The number of morpholine rings is 1. The largest absolute Gasteiger partial charge is 0.383 e. The maximum Gasteiger partial charge on any atom is 0.222 e. The zero-order valence-corrected chi connectivity index (χ0v) is 14.3. The van der Waals surface area contributed by atoms with E-state index >= 15 is 0 Å². The lowest BCUT2D eigenvalue weighted by Gasteiger charge is -2.29. The van der Waals surface area contributed by atoms with E-state index in [1.807, 2.05) is 18.3 Å². The van der Waals surface area contributed by atoms with E-state index < -0.39 is 0 Å². The Balaban J connectivity index is 1.81. The summed E-state index contributed by atoms with van der Waals surface area (Å²) >= 11 is 0. The molecular formula is C17H27N3O3. The quantitative estimate of drug-likeness (QED) is 0.753. The second-order valence-corrected chi connectivity index (χ2v) is 6.02. The number of carbonyl (C=O) groups is 1. The molecule has 0 aromatic carbocycles. The van der Waals surface area contributed by atoms with Crippen molar-refractivity contribution in [3.05, 3.63) is 29.6 Å². The minimum absolute atomic E-state index is 0.0459. The fourth-order valence-corrected chi connectivity index (χ4v) is 2.53. The van der Waals surface area contributed by atoms with Crippen molar-refractivity contribution in [3.8, 4) is 0 Å². The van der Waals surface area contributed by atoms with E-state index in [0.29, 0.717) is 26.0 Å². The van der Waals surface area contributed by atoms with Gasteiger partial charge in [-0.25, -0.2) is 0 Å². The highest BCUT2D eigenvalue weighted by molar-refractivity contribution is 5.76. The number of hydrogen-bond acceptors (Lipinski definition) is 5. The minimum atomic E-state index is 0.0459. The molecule has 0 saturated carbocycles.